The molecule has 0 spiro atoms. The Bertz CT molecular complexity index is 3040. The number of rotatable bonds is 12. The number of hydrogen-bond donors (Lipinski definition) is 2. The van der Waals surface area contributed by atoms with Crippen molar-refractivity contribution < 1.29 is 110 Å². The summed E-state index contributed by atoms with van der Waals surface area (Å²) >= 11 is 0. The average Bonchev–Trinajstić information content (AvgIpc) is 0.741. The van der Waals surface area contributed by atoms with Crippen LogP contribution < -0.4 is 32.2 Å². The van der Waals surface area contributed by atoms with E-state index in [1.165, 1.54) is 33.6 Å². The van der Waals surface area contributed by atoms with Crippen molar-refractivity contribution in [2.75, 3.05) is 5.32 Å². The summed E-state index contributed by atoms with van der Waals surface area (Å²) in [6.45, 7) is 22.4. The second kappa shape index (κ2) is 25.4. The van der Waals surface area contributed by atoms with Gasteiger partial charge in [0.25, 0.3) is 0 Å². The zero-order valence-corrected chi connectivity index (χ0v) is 47.9. The summed E-state index contributed by atoms with van der Waals surface area (Å²) < 4.78 is 341. The first-order valence-corrected chi connectivity index (χ1v) is 26.5. The van der Waals surface area contributed by atoms with Gasteiger partial charge in [-0.3, -0.25) is 0 Å². The number of benzene rings is 6. The number of para-hydroxylation sites is 2. The summed E-state index contributed by atoms with van der Waals surface area (Å²) in [5, 5.41) is 3.73. The second-order valence-electron chi connectivity index (χ2n) is 22.2. The maximum absolute atomic E-state index is 14.2. The van der Waals surface area contributed by atoms with Gasteiger partial charge in [-0.1, -0.05) is 140 Å². The van der Waals surface area contributed by atoms with Crippen molar-refractivity contribution in [3.8, 4) is 0 Å². The van der Waals surface area contributed by atoms with Crippen LogP contribution in [-0.4, -0.2) is 11.9 Å². The largest absolute Gasteiger partial charge is 0.416 e. The quantitative estimate of drug-likeness (QED) is 0.0713. The average molecular weight is 1280 g/mol. The van der Waals surface area contributed by atoms with Gasteiger partial charge in [0.15, 0.2) is 5.71 Å². The maximum atomic E-state index is 14.2. The van der Waals surface area contributed by atoms with Crippen LogP contribution in [0.1, 0.15) is 160 Å². The molecule has 0 bridgehead atoms. The zero-order chi connectivity index (χ0) is 67.2. The molecule has 6 aromatic carbocycles. The third kappa shape index (κ3) is 16.8. The molecule has 0 aliphatic heterocycles. The minimum absolute atomic E-state index is 0.476. The molecule has 88 heavy (non-hydrogen) atoms. The van der Waals surface area contributed by atoms with Crippen molar-refractivity contribution >= 4 is 45.1 Å². The van der Waals surface area contributed by atoms with E-state index in [0.717, 1.165) is 11.4 Å². The molecule has 0 radical (unpaired) electrons. The van der Waals surface area contributed by atoms with Crippen LogP contribution in [0.25, 0.3) is 0 Å². The molecule has 0 amide bonds. The van der Waals surface area contributed by atoms with Crippen LogP contribution in [-0.2, 0) is 49.4 Å². The molecule has 2 N–H and O–H groups in total. The minimum atomic E-state index is -6.13. The first-order valence-electron chi connectivity index (χ1n) is 26.5. The molecule has 0 fully saturated rings. The second-order valence-corrected chi connectivity index (χ2v) is 22.2. The fourth-order valence-electron chi connectivity index (χ4n) is 10.3. The molecule has 0 atom stereocenters. The van der Waals surface area contributed by atoms with Gasteiger partial charge in [0.2, 0.25) is 5.69 Å². The van der Waals surface area contributed by atoms with Gasteiger partial charge in [0.05, 0.1) is 44.5 Å². The molecule has 0 aliphatic rings. The van der Waals surface area contributed by atoms with Gasteiger partial charge >= 0.3 is 49.4 Å². The van der Waals surface area contributed by atoms with E-state index in [0.29, 0.717) is 23.7 Å². The van der Waals surface area contributed by atoms with E-state index < -0.39 is 195 Å². The van der Waals surface area contributed by atoms with Crippen molar-refractivity contribution in [2.45, 2.75) is 142 Å². The molecule has 0 saturated carbocycles. The predicted molar refractivity (Wildman–Crippen MR) is 288 cm³/mol. The van der Waals surface area contributed by atoms with E-state index >= 15 is 0 Å². The lowest BCUT2D eigenvalue weighted by Crippen LogP contribution is -2.75. The number of allylic oxidation sites excluding steroid dienone is 2. The van der Waals surface area contributed by atoms with Crippen LogP contribution in [0, 0.1) is 0 Å². The highest BCUT2D eigenvalue weighted by molar-refractivity contribution is 7.20. The van der Waals surface area contributed by atoms with Gasteiger partial charge in [-0.05, 0) is 66.0 Å². The van der Waals surface area contributed by atoms with Gasteiger partial charge < -0.3 is 5.32 Å². The summed E-state index contributed by atoms with van der Waals surface area (Å²) in [5.41, 5.74) is -19.9. The van der Waals surface area contributed by atoms with Crippen molar-refractivity contribution in [3.05, 3.63) is 188 Å². The summed E-state index contributed by atoms with van der Waals surface area (Å²) in [5.74, 6) is 1.90. The molecule has 0 aromatic heterocycles. The number of alkyl halides is 24. The topological polar surface area (TPSA) is 26.0 Å². The van der Waals surface area contributed by atoms with Crippen molar-refractivity contribution in [3.63, 3.8) is 0 Å². The lowest BCUT2D eigenvalue weighted by molar-refractivity contribution is -0.355. The molecule has 0 heterocycles. The normalized spacial score (nSPS) is 13.9. The molecular formula is C61H55BF24N2. The molecule has 6 rings (SSSR count). The van der Waals surface area contributed by atoms with E-state index in [9.17, 15) is 105 Å². The zero-order valence-electron chi connectivity index (χ0n) is 47.9. The number of halogens is 24. The smallest absolute Gasteiger partial charge is 0.358 e. The van der Waals surface area contributed by atoms with Crippen molar-refractivity contribution in [2.24, 2.45) is 0 Å². The highest BCUT2D eigenvalue weighted by Gasteiger charge is 2.47. The van der Waals surface area contributed by atoms with Crippen molar-refractivity contribution in [1.29, 1.82) is 0 Å². The Kier molecular flexibility index (Phi) is 20.7. The first kappa shape index (κ1) is 71.7. The molecule has 6 aromatic rings. The molecule has 27 heteroatoms. The Morgan fingerprint density at radius 1 is 0.341 bits per heavy atom. The number of hydrogen-bond acceptors (Lipinski definition) is 1. The molecular weight excluding hydrogens is 1230 g/mol. The SMILES string of the molecule is CC(/C=C(\C)Nc1c(C(C)C)cccc1C(C)C)=[NH+]c1c(C(C)C)cccc1C(C)C.FC(F)(F)c1cc([B-](c2cc(C(F)(F)F)cc(C(F)(F)F)c2)(c2cc(C(F)(F)F)cc(C(F)(F)F)c2)c2cc(C(F)(F)F)cc(C(F)(F)F)c2)cc(C(F)(F)F)c1. The predicted octanol–water partition coefficient (Wildman–Crippen LogP) is 18.6. The molecule has 0 unspecified atom stereocenters. The van der Waals surface area contributed by atoms with Crippen LogP contribution in [0.15, 0.2) is 121 Å². The van der Waals surface area contributed by atoms with Crippen LogP contribution in [0.4, 0.5) is 117 Å². The van der Waals surface area contributed by atoms with Gasteiger partial charge in [0, 0.05) is 35.5 Å². The van der Waals surface area contributed by atoms with E-state index in [1.807, 2.05) is 0 Å². The maximum Gasteiger partial charge on any atom is 0.416 e. The molecule has 0 aliphatic carbocycles. The third-order valence-corrected chi connectivity index (χ3v) is 14.3. The monoisotopic (exact) mass is 1280 g/mol. The Labute approximate surface area is 489 Å². The Morgan fingerprint density at radius 2 is 0.545 bits per heavy atom. The molecule has 0 saturated heterocycles. The lowest BCUT2D eigenvalue weighted by atomic mass is 9.12. The van der Waals surface area contributed by atoms with Crippen molar-refractivity contribution in [1.82, 2.24) is 0 Å². The summed E-state index contributed by atoms with van der Waals surface area (Å²) in [7, 11) is 0. The van der Waals surface area contributed by atoms with Crippen LogP contribution in [0.5, 0.6) is 0 Å². The molecule has 480 valence electrons. The van der Waals surface area contributed by atoms with E-state index in [-0.39, 0.29) is 0 Å². The third-order valence-electron chi connectivity index (χ3n) is 14.3. The van der Waals surface area contributed by atoms with Crippen LogP contribution >= 0.6 is 0 Å². The fraction of sp³-hybridized carbons (Fsp3) is 0.361. The Balaban J connectivity index is 0.000000383. The number of nitrogens with one attached hydrogen (secondary N) is 2. The van der Waals surface area contributed by atoms with Gasteiger partial charge in [-0.25, -0.2) is 4.99 Å². The van der Waals surface area contributed by atoms with Gasteiger partial charge in [-0.2, -0.15) is 127 Å². The standard InChI is InChI=1S/C32H12BF24.C29H42N2/c34-25(35,36)13-1-14(26(37,38)39)6-21(5-13)33(22-7-15(27(40,41)42)2-16(8-22)28(43,44)45,23-9-17(29(46,47)48)3-18(10-23)30(49,50)51)24-11-19(31(52,53)54)4-20(12-24)32(55,56)57;1-18(2)24-13-11-14-25(19(3)4)28(24)30-22(9)17-23(10)31-29-26(20(5)6)15-12-16-27(29)21(7)8/h1-12H;11-21,30H,1-10H3/q-1;/p+1/b;22-17+,31-23?. The van der Waals surface area contributed by atoms with E-state index in [4.69, 9.17) is 0 Å². The van der Waals surface area contributed by atoms with Crippen LogP contribution in [0.3, 0.4) is 0 Å². The van der Waals surface area contributed by atoms with Gasteiger partial charge in [-0.15, -0.1) is 0 Å². The van der Waals surface area contributed by atoms with Gasteiger partial charge in [0.1, 0.15) is 6.15 Å². The van der Waals surface area contributed by atoms with E-state index in [2.05, 4.69) is 122 Å². The Morgan fingerprint density at radius 3 is 0.739 bits per heavy atom. The first-order chi connectivity index (χ1) is 39.8. The Hall–Kier alpha value is -7.09. The minimum Gasteiger partial charge on any atom is -0.358 e. The number of anilines is 1. The summed E-state index contributed by atoms with van der Waals surface area (Å²) in [6.07, 6.45) is -52.6. The molecule has 2 nitrogen and oxygen atoms in total. The highest BCUT2D eigenvalue weighted by atomic mass is 19.4. The van der Waals surface area contributed by atoms with E-state index in [1.54, 1.807) is 0 Å². The summed E-state index contributed by atoms with van der Waals surface area (Å²) in [4.78, 5) is 3.73. The lowest BCUT2D eigenvalue weighted by Gasteiger charge is -2.46. The summed E-state index contributed by atoms with van der Waals surface area (Å²) in [6, 6.07) is 4.54. The fourth-order valence-corrected chi connectivity index (χ4v) is 10.3. The van der Waals surface area contributed by atoms with Crippen LogP contribution in [0.2, 0.25) is 0 Å². The highest BCUT2D eigenvalue weighted by Crippen LogP contribution is 2.42.